The molecule has 0 aromatic heterocycles. The first-order valence-electron chi connectivity index (χ1n) is 7.46. The SMILES string of the molecule is O=C(NCC(Cc1cccc(Cl)c1)C(=O)O)OCc1ccccc1. The molecule has 1 atom stereocenters. The summed E-state index contributed by atoms with van der Waals surface area (Å²) in [5, 5.41) is 12.3. The molecule has 0 saturated carbocycles. The molecular formula is C18H18ClNO4. The number of aliphatic carboxylic acids is 1. The lowest BCUT2D eigenvalue weighted by Gasteiger charge is -2.14. The minimum absolute atomic E-state index is 0.0184. The average Bonchev–Trinajstić information content (AvgIpc) is 2.57. The number of ether oxygens (including phenoxy) is 1. The monoisotopic (exact) mass is 347 g/mol. The van der Waals surface area contributed by atoms with Crippen molar-refractivity contribution in [3.63, 3.8) is 0 Å². The zero-order valence-electron chi connectivity index (χ0n) is 12.9. The van der Waals surface area contributed by atoms with Gasteiger partial charge in [-0.05, 0) is 29.7 Å². The van der Waals surface area contributed by atoms with Crippen LogP contribution in [0.25, 0.3) is 0 Å². The number of carbonyl (C=O) groups excluding carboxylic acids is 1. The molecule has 0 saturated heterocycles. The lowest BCUT2D eigenvalue weighted by molar-refractivity contribution is -0.141. The topological polar surface area (TPSA) is 75.6 Å². The van der Waals surface area contributed by atoms with Gasteiger partial charge >= 0.3 is 12.1 Å². The third kappa shape index (κ3) is 5.93. The molecular weight excluding hydrogens is 330 g/mol. The third-order valence-electron chi connectivity index (χ3n) is 3.43. The molecule has 5 nitrogen and oxygen atoms in total. The van der Waals surface area contributed by atoms with Gasteiger partial charge < -0.3 is 15.2 Å². The molecule has 0 aliphatic carbocycles. The number of hydrogen-bond donors (Lipinski definition) is 2. The van der Waals surface area contributed by atoms with Crippen LogP contribution in [0.2, 0.25) is 5.02 Å². The molecule has 0 fully saturated rings. The summed E-state index contributed by atoms with van der Waals surface area (Å²) < 4.78 is 5.06. The Morgan fingerprint density at radius 1 is 1.08 bits per heavy atom. The summed E-state index contributed by atoms with van der Waals surface area (Å²) in [6.45, 7) is 0.119. The van der Waals surface area contributed by atoms with E-state index in [0.29, 0.717) is 5.02 Å². The Balaban J connectivity index is 1.82. The van der Waals surface area contributed by atoms with Crippen LogP contribution >= 0.6 is 11.6 Å². The van der Waals surface area contributed by atoms with E-state index in [1.54, 1.807) is 24.3 Å². The zero-order chi connectivity index (χ0) is 17.4. The first-order valence-corrected chi connectivity index (χ1v) is 7.84. The second-order valence-electron chi connectivity index (χ2n) is 5.31. The standard InChI is InChI=1S/C18H18ClNO4/c19-16-8-4-7-14(10-16)9-15(17(21)22)11-20-18(23)24-12-13-5-2-1-3-6-13/h1-8,10,15H,9,11-12H2,(H,20,23)(H,21,22). The second kappa shape index (κ2) is 8.93. The van der Waals surface area contributed by atoms with E-state index in [2.05, 4.69) is 5.32 Å². The normalized spacial score (nSPS) is 11.5. The van der Waals surface area contributed by atoms with Crippen molar-refractivity contribution in [3.05, 3.63) is 70.7 Å². The first kappa shape index (κ1) is 17.8. The van der Waals surface area contributed by atoms with Crippen LogP contribution in [-0.2, 0) is 22.6 Å². The maximum Gasteiger partial charge on any atom is 0.407 e. The van der Waals surface area contributed by atoms with Gasteiger partial charge in [0, 0.05) is 11.6 Å². The molecule has 0 spiro atoms. The van der Waals surface area contributed by atoms with Crippen LogP contribution in [0, 0.1) is 5.92 Å². The summed E-state index contributed by atoms with van der Waals surface area (Å²) in [5.74, 6) is -1.74. The summed E-state index contributed by atoms with van der Waals surface area (Å²) in [4.78, 5) is 23.1. The van der Waals surface area contributed by atoms with Crippen molar-refractivity contribution < 1.29 is 19.4 Å². The number of hydrogen-bond acceptors (Lipinski definition) is 3. The van der Waals surface area contributed by atoms with Gasteiger partial charge in [0.2, 0.25) is 0 Å². The molecule has 0 radical (unpaired) electrons. The number of carbonyl (C=O) groups is 2. The van der Waals surface area contributed by atoms with Crippen LogP contribution in [0.15, 0.2) is 54.6 Å². The fourth-order valence-corrected chi connectivity index (χ4v) is 2.39. The van der Waals surface area contributed by atoms with E-state index in [-0.39, 0.29) is 19.6 Å². The Kier molecular flexibility index (Phi) is 6.63. The fourth-order valence-electron chi connectivity index (χ4n) is 2.18. The Labute approximate surface area is 145 Å². The Morgan fingerprint density at radius 2 is 1.79 bits per heavy atom. The number of benzene rings is 2. The first-order chi connectivity index (χ1) is 11.5. The Bertz CT molecular complexity index is 690. The maximum absolute atomic E-state index is 11.7. The van der Waals surface area contributed by atoms with Gasteiger partial charge in [0.1, 0.15) is 6.61 Å². The summed E-state index contributed by atoms with van der Waals surface area (Å²) >= 11 is 5.90. The van der Waals surface area contributed by atoms with Crippen LogP contribution in [0.3, 0.4) is 0 Å². The molecule has 2 N–H and O–H groups in total. The van der Waals surface area contributed by atoms with Crippen molar-refractivity contribution in [1.82, 2.24) is 5.32 Å². The minimum atomic E-state index is -0.988. The van der Waals surface area contributed by atoms with Crippen LogP contribution < -0.4 is 5.32 Å². The summed E-state index contributed by atoms with van der Waals surface area (Å²) in [7, 11) is 0. The van der Waals surface area contributed by atoms with Crippen LogP contribution in [-0.4, -0.2) is 23.7 Å². The van der Waals surface area contributed by atoms with Crippen molar-refractivity contribution in [2.24, 2.45) is 5.92 Å². The molecule has 126 valence electrons. The molecule has 1 unspecified atom stereocenters. The van der Waals surface area contributed by atoms with E-state index in [1.165, 1.54) is 0 Å². The van der Waals surface area contributed by atoms with Gasteiger partial charge in [0.25, 0.3) is 0 Å². The molecule has 0 aliphatic rings. The van der Waals surface area contributed by atoms with E-state index >= 15 is 0 Å². The number of carboxylic acid groups (broad SMARTS) is 1. The molecule has 24 heavy (non-hydrogen) atoms. The van der Waals surface area contributed by atoms with E-state index in [0.717, 1.165) is 11.1 Å². The molecule has 0 heterocycles. The molecule has 0 aliphatic heterocycles. The van der Waals surface area contributed by atoms with Crippen molar-refractivity contribution in [2.45, 2.75) is 13.0 Å². The van der Waals surface area contributed by atoms with Crippen molar-refractivity contribution in [2.75, 3.05) is 6.54 Å². The predicted octanol–water partition coefficient (Wildman–Crippen LogP) is 3.51. The minimum Gasteiger partial charge on any atom is -0.481 e. The van der Waals surface area contributed by atoms with Gasteiger partial charge in [0.15, 0.2) is 0 Å². The van der Waals surface area contributed by atoms with Gasteiger partial charge in [-0.15, -0.1) is 0 Å². The number of alkyl carbamates (subject to hydrolysis) is 1. The van der Waals surface area contributed by atoms with Gasteiger partial charge in [-0.2, -0.15) is 0 Å². The summed E-state index contributed by atoms with van der Waals surface area (Å²) in [6.07, 6.45) is -0.370. The van der Waals surface area contributed by atoms with E-state index in [1.807, 2.05) is 30.3 Å². The lowest BCUT2D eigenvalue weighted by Crippen LogP contribution is -2.34. The maximum atomic E-state index is 11.7. The highest BCUT2D eigenvalue weighted by Gasteiger charge is 2.19. The van der Waals surface area contributed by atoms with Gasteiger partial charge in [-0.1, -0.05) is 54.1 Å². The molecule has 2 aromatic rings. The number of nitrogens with one attached hydrogen (secondary N) is 1. The summed E-state index contributed by atoms with van der Waals surface area (Å²) in [5.41, 5.74) is 1.66. The quantitative estimate of drug-likeness (QED) is 0.803. The van der Waals surface area contributed by atoms with Crippen molar-refractivity contribution in [1.29, 1.82) is 0 Å². The Hall–Kier alpha value is -2.53. The van der Waals surface area contributed by atoms with Gasteiger partial charge in [-0.25, -0.2) is 4.79 Å². The average molecular weight is 348 g/mol. The number of halogens is 1. The highest BCUT2D eigenvalue weighted by atomic mass is 35.5. The van der Waals surface area contributed by atoms with Crippen LogP contribution in [0.4, 0.5) is 4.79 Å². The number of rotatable bonds is 7. The highest BCUT2D eigenvalue weighted by Crippen LogP contribution is 2.14. The molecule has 2 rings (SSSR count). The lowest BCUT2D eigenvalue weighted by atomic mass is 9.99. The van der Waals surface area contributed by atoms with E-state index in [4.69, 9.17) is 16.3 Å². The smallest absolute Gasteiger partial charge is 0.407 e. The number of amides is 1. The highest BCUT2D eigenvalue weighted by molar-refractivity contribution is 6.30. The van der Waals surface area contributed by atoms with Gasteiger partial charge in [0.05, 0.1) is 5.92 Å². The molecule has 2 aromatic carbocycles. The fraction of sp³-hybridized carbons (Fsp3) is 0.222. The van der Waals surface area contributed by atoms with Crippen molar-refractivity contribution >= 4 is 23.7 Å². The summed E-state index contributed by atoms with van der Waals surface area (Å²) in [6, 6.07) is 16.2. The predicted molar refractivity (Wildman–Crippen MR) is 90.9 cm³/mol. The van der Waals surface area contributed by atoms with E-state index < -0.39 is 18.0 Å². The number of carboxylic acids is 1. The van der Waals surface area contributed by atoms with E-state index in [9.17, 15) is 14.7 Å². The van der Waals surface area contributed by atoms with Crippen LogP contribution in [0.1, 0.15) is 11.1 Å². The zero-order valence-corrected chi connectivity index (χ0v) is 13.7. The molecule has 1 amide bonds. The second-order valence-corrected chi connectivity index (χ2v) is 5.75. The van der Waals surface area contributed by atoms with Crippen molar-refractivity contribution in [3.8, 4) is 0 Å². The third-order valence-corrected chi connectivity index (χ3v) is 3.66. The largest absolute Gasteiger partial charge is 0.481 e. The molecule has 0 bridgehead atoms. The van der Waals surface area contributed by atoms with Crippen LogP contribution in [0.5, 0.6) is 0 Å². The Morgan fingerprint density at radius 3 is 2.46 bits per heavy atom. The van der Waals surface area contributed by atoms with Gasteiger partial charge in [-0.3, -0.25) is 4.79 Å². The molecule has 6 heteroatoms.